The number of H-pyrrole nitrogens is 1. The molecule has 4 heterocycles. The topological polar surface area (TPSA) is 90.2 Å². The maximum Gasteiger partial charge on any atom is 0.389 e. The number of nitrogens with one attached hydrogen (secondary N) is 1. The number of aromatic amines is 1. The molecule has 28 heavy (non-hydrogen) atoms. The van der Waals surface area contributed by atoms with Gasteiger partial charge >= 0.3 is 6.18 Å². The second-order valence-electron chi connectivity index (χ2n) is 7.23. The Labute approximate surface area is 158 Å². The molecule has 0 aliphatic carbocycles. The zero-order valence-corrected chi connectivity index (χ0v) is 15.2. The second kappa shape index (κ2) is 7.34. The van der Waals surface area contributed by atoms with Crippen molar-refractivity contribution >= 4 is 22.1 Å². The van der Waals surface area contributed by atoms with Gasteiger partial charge in [-0.05, 0) is 25.5 Å². The molecule has 0 saturated carbocycles. The molecule has 2 unspecified atom stereocenters. The minimum Gasteiger partial charge on any atom is -0.395 e. The molecule has 1 aliphatic heterocycles. The molecule has 3 aromatic rings. The average molecular weight is 397 g/mol. The van der Waals surface area contributed by atoms with Crippen molar-refractivity contribution in [1.29, 1.82) is 0 Å². The Morgan fingerprint density at radius 1 is 1.29 bits per heavy atom. The number of fused-ring (bicyclic) bond motifs is 3. The smallest absolute Gasteiger partial charge is 0.389 e. The Bertz CT molecular complexity index is 967. The normalized spacial score (nSPS) is 21.3. The van der Waals surface area contributed by atoms with Crippen LogP contribution in [0.15, 0.2) is 18.5 Å². The van der Waals surface area contributed by atoms with Gasteiger partial charge in [-0.2, -0.15) is 13.2 Å². The zero-order chi connectivity index (χ0) is 19.9. The third-order valence-corrected chi connectivity index (χ3v) is 5.44. The number of rotatable bonds is 6. The van der Waals surface area contributed by atoms with Gasteiger partial charge < -0.3 is 19.8 Å². The van der Waals surface area contributed by atoms with Gasteiger partial charge in [-0.25, -0.2) is 9.97 Å². The molecule has 3 N–H and O–H groups in total. The first-order chi connectivity index (χ1) is 13.4. The molecule has 2 atom stereocenters. The lowest BCUT2D eigenvalue weighted by Gasteiger charge is -2.22. The number of hydrogen-bond donors (Lipinski definition) is 3. The number of halogens is 3. The van der Waals surface area contributed by atoms with Crippen LogP contribution in [0.5, 0.6) is 0 Å². The molecule has 152 valence electrons. The van der Waals surface area contributed by atoms with Crippen molar-refractivity contribution < 1.29 is 23.4 Å². The predicted molar refractivity (Wildman–Crippen MR) is 96.7 cm³/mol. The van der Waals surface area contributed by atoms with Gasteiger partial charge in [0.05, 0.1) is 18.3 Å². The van der Waals surface area contributed by atoms with Crippen LogP contribution in [0.4, 0.5) is 13.2 Å². The van der Waals surface area contributed by atoms with E-state index in [-0.39, 0.29) is 38.3 Å². The van der Waals surface area contributed by atoms with Gasteiger partial charge in [0, 0.05) is 36.6 Å². The van der Waals surface area contributed by atoms with E-state index in [1.165, 1.54) is 0 Å². The highest BCUT2D eigenvalue weighted by Crippen LogP contribution is 2.34. The van der Waals surface area contributed by atoms with Gasteiger partial charge in [0.25, 0.3) is 0 Å². The number of nitrogens with zero attached hydrogens (tertiary/aromatic N) is 4. The second-order valence-corrected chi connectivity index (χ2v) is 7.23. The predicted octanol–water partition coefficient (Wildman–Crippen LogP) is 2.36. The molecule has 0 aromatic carbocycles. The lowest BCUT2D eigenvalue weighted by Crippen LogP contribution is -2.33. The van der Waals surface area contributed by atoms with E-state index in [0.717, 1.165) is 10.9 Å². The fraction of sp³-hybridized carbons (Fsp3) is 0.556. The van der Waals surface area contributed by atoms with Gasteiger partial charge in [0.15, 0.2) is 0 Å². The van der Waals surface area contributed by atoms with Gasteiger partial charge in [0.1, 0.15) is 23.6 Å². The first-order valence-corrected chi connectivity index (χ1v) is 9.26. The molecular weight excluding hydrogens is 375 g/mol. The monoisotopic (exact) mass is 397 g/mol. The summed E-state index contributed by atoms with van der Waals surface area (Å²) in [5, 5.41) is 20.4. The summed E-state index contributed by atoms with van der Waals surface area (Å²) < 4.78 is 39.4. The number of aliphatic hydroxyl groups is 2. The van der Waals surface area contributed by atoms with Crippen LogP contribution in [-0.4, -0.2) is 66.5 Å². The van der Waals surface area contributed by atoms with E-state index in [0.29, 0.717) is 30.0 Å². The third kappa shape index (κ3) is 3.47. The van der Waals surface area contributed by atoms with E-state index in [1.807, 2.05) is 15.5 Å². The zero-order valence-electron chi connectivity index (χ0n) is 15.2. The van der Waals surface area contributed by atoms with Crippen molar-refractivity contribution in [3.8, 4) is 0 Å². The first kappa shape index (κ1) is 19.2. The van der Waals surface area contributed by atoms with E-state index in [1.54, 1.807) is 12.4 Å². The molecule has 0 amide bonds. The number of pyridine rings is 1. The fourth-order valence-corrected chi connectivity index (χ4v) is 4.24. The molecule has 0 radical (unpaired) electrons. The standard InChI is InChI=1S/C18H22F3N5O2/c19-18(20,21)3-1-5-25-8-11(6-12(25)9-27)26-15(10-28)24-14-7-23-17-13(16(14)26)2-4-22-17/h2,4,7,11-12,27-28H,1,3,5-6,8-10H2,(H,22,23). The highest BCUT2D eigenvalue weighted by Gasteiger charge is 2.35. The van der Waals surface area contributed by atoms with E-state index >= 15 is 0 Å². The summed E-state index contributed by atoms with van der Waals surface area (Å²) in [4.78, 5) is 13.8. The number of alkyl halides is 3. The van der Waals surface area contributed by atoms with Gasteiger partial charge in [0.2, 0.25) is 0 Å². The van der Waals surface area contributed by atoms with Crippen LogP contribution in [-0.2, 0) is 6.61 Å². The van der Waals surface area contributed by atoms with Crippen LogP contribution < -0.4 is 0 Å². The lowest BCUT2D eigenvalue weighted by atomic mass is 10.1. The van der Waals surface area contributed by atoms with E-state index in [4.69, 9.17) is 0 Å². The molecule has 0 spiro atoms. The number of aliphatic hydroxyl groups excluding tert-OH is 2. The van der Waals surface area contributed by atoms with Crippen LogP contribution in [0.2, 0.25) is 0 Å². The van der Waals surface area contributed by atoms with Crippen LogP contribution in [0.25, 0.3) is 22.1 Å². The number of hydrogen-bond acceptors (Lipinski definition) is 5. The van der Waals surface area contributed by atoms with Gasteiger partial charge in [-0.3, -0.25) is 4.90 Å². The maximum absolute atomic E-state index is 12.5. The minimum absolute atomic E-state index is 0.00374. The number of imidazole rings is 1. The molecule has 1 aliphatic rings. The molecule has 1 fully saturated rings. The largest absolute Gasteiger partial charge is 0.395 e. The Balaban J connectivity index is 1.65. The van der Waals surface area contributed by atoms with Crippen LogP contribution in [0, 0.1) is 0 Å². The SMILES string of the molecule is OCc1nc2cnc3[nH]ccc3c2n1C1CC(CO)N(CCCC(F)(F)F)C1. The summed E-state index contributed by atoms with van der Waals surface area (Å²) >= 11 is 0. The van der Waals surface area contributed by atoms with Gasteiger partial charge in [-0.15, -0.1) is 0 Å². The molecule has 3 aromatic heterocycles. The molecule has 10 heteroatoms. The maximum atomic E-state index is 12.5. The van der Waals surface area contributed by atoms with Crippen LogP contribution in [0.3, 0.4) is 0 Å². The van der Waals surface area contributed by atoms with Crippen LogP contribution >= 0.6 is 0 Å². The van der Waals surface area contributed by atoms with Crippen molar-refractivity contribution in [2.24, 2.45) is 0 Å². The summed E-state index contributed by atoms with van der Waals surface area (Å²) in [6.07, 6.45) is -1.01. The van der Waals surface area contributed by atoms with Crippen molar-refractivity contribution in [1.82, 2.24) is 24.4 Å². The van der Waals surface area contributed by atoms with E-state index < -0.39 is 12.6 Å². The molecule has 0 bridgehead atoms. The highest BCUT2D eigenvalue weighted by atomic mass is 19.4. The Hall–Kier alpha value is -2.17. The van der Waals surface area contributed by atoms with Crippen LogP contribution in [0.1, 0.15) is 31.1 Å². The van der Waals surface area contributed by atoms with Crippen molar-refractivity contribution in [2.75, 3.05) is 19.7 Å². The molecule has 4 rings (SSSR count). The van der Waals surface area contributed by atoms with Crippen molar-refractivity contribution in [3.05, 3.63) is 24.3 Å². The Morgan fingerprint density at radius 2 is 2.11 bits per heavy atom. The third-order valence-electron chi connectivity index (χ3n) is 5.44. The summed E-state index contributed by atoms with van der Waals surface area (Å²) in [6, 6.07) is 1.57. The minimum atomic E-state index is -4.18. The van der Waals surface area contributed by atoms with E-state index in [2.05, 4.69) is 15.0 Å². The summed E-state index contributed by atoms with van der Waals surface area (Å²) in [6.45, 7) is 0.388. The van der Waals surface area contributed by atoms with Gasteiger partial charge in [-0.1, -0.05) is 0 Å². The molecule has 1 saturated heterocycles. The highest BCUT2D eigenvalue weighted by molar-refractivity contribution is 6.01. The number of aromatic nitrogens is 4. The quantitative estimate of drug-likeness (QED) is 0.594. The van der Waals surface area contributed by atoms with Crippen molar-refractivity contribution in [3.63, 3.8) is 0 Å². The summed E-state index contributed by atoms with van der Waals surface area (Å²) in [7, 11) is 0. The summed E-state index contributed by atoms with van der Waals surface area (Å²) in [5.74, 6) is 0.490. The lowest BCUT2D eigenvalue weighted by molar-refractivity contribution is -0.136. The first-order valence-electron chi connectivity index (χ1n) is 9.26. The average Bonchev–Trinajstić information content (AvgIpc) is 3.35. The summed E-state index contributed by atoms with van der Waals surface area (Å²) in [5.41, 5.74) is 2.21. The number of likely N-dealkylation sites (tertiary alicyclic amines) is 1. The Kier molecular flexibility index (Phi) is 5.02. The fourth-order valence-electron chi connectivity index (χ4n) is 4.24. The molecule has 7 nitrogen and oxygen atoms in total. The Morgan fingerprint density at radius 3 is 2.82 bits per heavy atom. The molecular formula is C18H22F3N5O2. The van der Waals surface area contributed by atoms with Crippen molar-refractivity contribution in [2.45, 2.75) is 44.1 Å². The van der Waals surface area contributed by atoms with E-state index in [9.17, 15) is 23.4 Å².